The lowest BCUT2D eigenvalue weighted by molar-refractivity contribution is -0.125. The van der Waals surface area contributed by atoms with Crippen LogP contribution in [0, 0.1) is 0 Å². The first kappa shape index (κ1) is 22.9. The largest absolute Gasteiger partial charge is 0.457 e. The van der Waals surface area contributed by atoms with Crippen molar-refractivity contribution in [2.24, 2.45) is 8.73 Å². The number of hydrogen-bond acceptors (Lipinski definition) is 2. The van der Waals surface area contributed by atoms with Gasteiger partial charge in [-0.25, -0.2) is 0 Å². The number of nitrogens with zero attached hydrogens (tertiary/aromatic N) is 2. The zero-order valence-corrected chi connectivity index (χ0v) is 15.9. The van der Waals surface area contributed by atoms with Crippen molar-refractivity contribution in [2.45, 2.75) is 27.2 Å². The maximum absolute atomic E-state index is 13.2. The molecule has 0 aromatic heterocycles. The molecule has 0 saturated heterocycles. The van der Waals surface area contributed by atoms with Gasteiger partial charge in [0, 0.05) is 31.2 Å². The van der Waals surface area contributed by atoms with Crippen molar-refractivity contribution in [1.29, 1.82) is 0 Å². The molecule has 0 bridgehead atoms. The maximum Gasteiger partial charge on any atom is 0.457 e. The smallest absolute Gasteiger partial charge is 0.271 e. The van der Waals surface area contributed by atoms with Crippen LogP contribution in [0.5, 0.6) is 0 Å². The molecule has 2 aromatic carbocycles. The third-order valence-corrected chi connectivity index (χ3v) is 6.15. The summed E-state index contributed by atoms with van der Waals surface area (Å²) in [6, 6.07) is 12.6. The minimum atomic E-state index is -4.89. The van der Waals surface area contributed by atoms with Gasteiger partial charge < -0.3 is 0 Å². The Morgan fingerprint density at radius 3 is 1.24 bits per heavy atom. The van der Waals surface area contributed by atoms with Crippen LogP contribution in [0.15, 0.2) is 79.2 Å². The van der Waals surface area contributed by atoms with E-state index >= 15 is 0 Å². The first-order valence-electron chi connectivity index (χ1n) is 7.70. The second kappa shape index (κ2) is 9.44. The molecule has 29 heavy (non-hydrogen) atoms. The van der Waals surface area contributed by atoms with Crippen molar-refractivity contribution in [1.82, 2.24) is 0 Å². The van der Waals surface area contributed by atoms with E-state index in [0.717, 1.165) is 24.3 Å². The number of carbonyl (C=O) groups excluding carboxylic acids is 2. The summed E-state index contributed by atoms with van der Waals surface area (Å²) in [7, 11) is -5.71. The van der Waals surface area contributed by atoms with E-state index in [-0.39, 0.29) is 9.79 Å². The van der Waals surface area contributed by atoms with E-state index in [1.807, 2.05) is 0 Å². The zero-order valence-electron chi connectivity index (χ0n) is 14.3. The molecule has 0 aliphatic heterocycles. The van der Waals surface area contributed by atoms with Crippen molar-refractivity contribution >= 4 is 33.2 Å². The Labute approximate surface area is 166 Å². The fourth-order valence-corrected chi connectivity index (χ4v) is 4.29. The molecule has 0 aliphatic carbocycles. The molecule has 2 rings (SSSR count). The average molecular weight is 454 g/mol. The van der Waals surface area contributed by atoms with Crippen molar-refractivity contribution in [3.8, 4) is 0 Å². The van der Waals surface area contributed by atoms with Gasteiger partial charge in [-0.1, -0.05) is 36.4 Å². The lowest BCUT2D eigenvalue weighted by Crippen LogP contribution is -2.20. The Hall–Kier alpha value is -2.34. The molecule has 2 amide bonds. The Kier molecular flexibility index (Phi) is 7.47. The maximum atomic E-state index is 13.2. The number of hydrogen-bond donors (Lipinski definition) is 0. The Bertz CT molecular complexity index is 864. The molecule has 2 unspecified atom stereocenters. The number of amides is 2. The van der Waals surface area contributed by atoms with Crippen LogP contribution in [-0.2, 0) is 31.0 Å². The van der Waals surface area contributed by atoms with E-state index in [1.165, 1.54) is 36.4 Å². The van der Waals surface area contributed by atoms with Gasteiger partial charge in [-0.05, 0) is 24.3 Å². The topological polar surface area (TPSA) is 58.9 Å². The SMILES string of the molecule is O=C(CC(=O)N=S(c1ccccc1)C(F)(F)F)N=S(c1ccccc1)C(F)(F)F. The van der Waals surface area contributed by atoms with E-state index in [2.05, 4.69) is 8.73 Å². The summed E-state index contributed by atoms with van der Waals surface area (Å²) in [6.07, 6.45) is -1.29. The third-order valence-electron chi connectivity index (χ3n) is 3.06. The van der Waals surface area contributed by atoms with Crippen LogP contribution in [0.4, 0.5) is 26.3 Å². The van der Waals surface area contributed by atoms with Crippen LogP contribution >= 0.6 is 0 Å². The average Bonchev–Trinajstić information content (AvgIpc) is 2.64. The Morgan fingerprint density at radius 1 is 0.655 bits per heavy atom. The number of benzene rings is 2. The summed E-state index contributed by atoms with van der Waals surface area (Å²) in [6.45, 7) is 0. The first-order valence-corrected chi connectivity index (χ1v) is 10.1. The molecule has 4 nitrogen and oxygen atoms in total. The van der Waals surface area contributed by atoms with E-state index in [4.69, 9.17) is 0 Å². The van der Waals surface area contributed by atoms with Gasteiger partial charge in [-0.3, -0.25) is 9.59 Å². The molecule has 0 radical (unpaired) electrons. The summed E-state index contributed by atoms with van der Waals surface area (Å²) in [4.78, 5) is 23.0. The number of carbonyl (C=O) groups is 2. The highest BCUT2D eigenvalue weighted by molar-refractivity contribution is 7.88. The number of halogens is 6. The summed E-state index contributed by atoms with van der Waals surface area (Å²) in [5.74, 6) is -3.00. The van der Waals surface area contributed by atoms with Crippen molar-refractivity contribution in [2.75, 3.05) is 0 Å². The van der Waals surface area contributed by atoms with Crippen LogP contribution in [0.2, 0.25) is 0 Å². The fourth-order valence-electron chi connectivity index (χ4n) is 1.97. The van der Waals surface area contributed by atoms with Gasteiger partial charge in [-0.15, -0.1) is 0 Å². The highest BCUT2D eigenvalue weighted by atomic mass is 32.2. The van der Waals surface area contributed by atoms with Crippen molar-refractivity contribution in [3.05, 3.63) is 60.7 Å². The molecule has 0 N–H and O–H groups in total. The summed E-state index contributed by atoms with van der Waals surface area (Å²) in [5, 5.41) is 0. The standard InChI is InChI=1S/C17H12F6N2O2S2/c18-16(19,20)28(12-7-3-1-4-8-12)24-14(26)11-15(27)25-29(17(21,22)23)13-9-5-2-6-10-13/h1-10H,11H2. The highest BCUT2D eigenvalue weighted by Gasteiger charge is 2.38. The lowest BCUT2D eigenvalue weighted by Gasteiger charge is -2.12. The second-order valence-electron chi connectivity index (χ2n) is 5.23. The fraction of sp³-hybridized carbons (Fsp3) is 0.176. The van der Waals surface area contributed by atoms with Gasteiger partial charge in [0.05, 0.1) is 0 Å². The predicted molar refractivity (Wildman–Crippen MR) is 95.7 cm³/mol. The van der Waals surface area contributed by atoms with Crippen LogP contribution in [-0.4, -0.2) is 22.8 Å². The normalized spacial score (nSPS) is 14.6. The van der Waals surface area contributed by atoms with Gasteiger partial charge >= 0.3 is 11.0 Å². The van der Waals surface area contributed by atoms with Crippen LogP contribution in [0.3, 0.4) is 0 Å². The van der Waals surface area contributed by atoms with E-state index in [1.54, 1.807) is 0 Å². The molecule has 12 heteroatoms. The van der Waals surface area contributed by atoms with Crippen LogP contribution in [0.1, 0.15) is 6.42 Å². The summed E-state index contributed by atoms with van der Waals surface area (Å²) < 4.78 is 85.2. The van der Waals surface area contributed by atoms with E-state index in [0.29, 0.717) is 0 Å². The van der Waals surface area contributed by atoms with Crippen LogP contribution in [0.25, 0.3) is 0 Å². The molecule has 0 fully saturated rings. The van der Waals surface area contributed by atoms with Gasteiger partial charge in [0.2, 0.25) is 0 Å². The molecular weight excluding hydrogens is 442 g/mol. The van der Waals surface area contributed by atoms with Gasteiger partial charge in [0.15, 0.2) is 0 Å². The third kappa shape index (κ3) is 6.89. The molecule has 156 valence electrons. The Balaban J connectivity index is 2.29. The molecule has 2 atom stereocenters. The minimum Gasteiger partial charge on any atom is -0.271 e. The van der Waals surface area contributed by atoms with Crippen molar-refractivity contribution < 1.29 is 35.9 Å². The molecule has 0 saturated carbocycles. The van der Waals surface area contributed by atoms with E-state index in [9.17, 15) is 35.9 Å². The van der Waals surface area contributed by atoms with Crippen molar-refractivity contribution in [3.63, 3.8) is 0 Å². The van der Waals surface area contributed by atoms with Crippen LogP contribution < -0.4 is 0 Å². The minimum absolute atomic E-state index is 0.308. The molecule has 0 spiro atoms. The molecule has 0 heterocycles. The quantitative estimate of drug-likeness (QED) is 0.472. The van der Waals surface area contributed by atoms with Gasteiger partial charge in [0.1, 0.15) is 6.42 Å². The number of alkyl halides is 6. The molecule has 0 aliphatic rings. The van der Waals surface area contributed by atoms with Gasteiger partial charge in [-0.2, -0.15) is 35.1 Å². The predicted octanol–water partition coefficient (Wildman–Crippen LogP) is 5.19. The monoisotopic (exact) mass is 454 g/mol. The summed E-state index contributed by atoms with van der Waals surface area (Å²) in [5.41, 5.74) is -9.78. The first-order chi connectivity index (χ1) is 13.5. The molecule has 2 aromatic rings. The lowest BCUT2D eigenvalue weighted by atomic mass is 10.4. The Morgan fingerprint density at radius 2 is 0.966 bits per heavy atom. The summed E-state index contributed by atoms with van der Waals surface area (Å²) >= 11 is 0. The molecular formula is C17H12F6N2O2S2. The second-order valence-corrected chi connectivity index (χ2v) is 8.61. The zero-order chi connectivity index (χ0) is 21.7. The number of rotatable bonds is 4. The van der Waals surface area contributed by atoms with Gasteiger partial charge in [0.25, 0.3) is 11.8 Å². The van der Waals surface area contributed by atoms with E-state index < -0.39 is 50.6 Å². The highest BCUT2D eigenvalue weighted by Crippen LogP contribution is 2.30.